The van der Waals surface area contributed by atoms with Crippen molar-refractivity contribution < 1.29 is 0 Å². The molecule has 5 aromatic rings. The Morgan fingerprint density at radius 1 is 0.321 bits per heavy atom. The molecule has 0 aliphatic heterocycles. The molecule has 10 heteroatoms. The lowest BCUT2D eigenvalue weighted by molar-refractivity contribution is 0.759. The quantitative estimate of drug-likeness (QED) is 0.170. The maximum absolute atomic E-state index is 4.18. The van der Waals surface area contributed by atoms with Crippen molar-refractivity contribution >= 4 is 0 Å². The molecule has 5 heterocycles. The molecule has 0 aliphatic carbocycles. The predicted octanol–water partition coefficient (Wildman–Crippen LogP) is 13.8. The van der Waals surface area contributed by atoms with Gasteiger partial charge in [0.05, 0.1) is 5.69 Å². The molecular formula is C46H84N10. The van der Waals surface area contributed by atoms with Crippen molar-refractivity contribution in [3.05, 3.63) is 121 Å². The molecule has 5 aromatic heterocycles. The van der Waals surface area contributed by atoms with Crippen molar-refractivity contribution in [1.82, 2.24) is 49.8 Å². The van der Waals surface area contributed by atoms with Crippen LogP contribution in [-0.2, 0) is 0 Å². The molecule has 0 saturated carbocycles. The van der Waals surface area contributed by atoms with E-state index in [1.165, 1.54) is 12.7 Å². The number of aromatic nitrogens is 10. The van der Waals surface area contributed by atoms with Gasteiger partial charge in [0, 0.05) is 66.6 Å². The van der Waals surface area contributed by atoms with E-state index >= 15 is 0 Å². The predicted molar refractivity (Wildman–Crippen MR) is 244 cm³/mol. The van der Waals surface area contributed by atoms with Gasteiger partial charge < -0.3 is 0 Å². The van der Waals surface area contributed by atoms with Crippen LogP contribution in [0.4, 0.5) is 0 Å². The smallest absolute Gasteiger partial charge is 0.134 e. The van der Waals surface area contributed by atoms with Crippen LogP contribution in [0.15, 0.2) is 92.7 Å². The molecule has 5 rings (SSSR count). The summed E-state index contributed by atoms with van der Waals surface area (Å²) in [6.45, 7) is 41.0. The van der Waals surface area contributed by atoms with E-state index in [0.717, 1.165) is 28.7 Å². The first-order chi connectivity index (χ1) is 26.5. The van der Waals surface area contributed by atoms with E-state index in [0.29, 0.717) is 29.6 Å². The first kappa shape index (κ1) is 63.3. The van der Waals surface area contributed by atoms with Crippen LogP contribution in [0.2, 0.25) is 0 Å². The Bertz CT molecular complexity index is 1100. The summed E-state index contributed by atoms with van der Waals surface area (Å²) in [4.78, 5) is 39.9. The maximum Gasteiger partial charge on any atom is 0.134 e. The summed E-state index contributed by atoms with van der Waals surface area (Å²) in [5.41, 5.74) is 3.32. The second-order valence-electron chi connectivity index (χ2n) is 11.4. The van der Waals surface area contributed by atoms with Crippen LogP contribution in [0, 0.1) is 0 Å². The van der Waals surface area contributed by atoms with Gasteiger partial charge in [0.25, 0.3) is 0 Å². The minimum atomic E-state index is 0. The zero-order valence-electron chi connectivity index (χ0n) is 38.5. The summed E-state index contributed by atoms with van der Waals surface area (Å²) in [5, 5.41) is 0. The molecule has 318 valence electrons. The molecule has 10 nitrogen and oxygen atoms in total. The lowest BCUT2D eigenvalue weighted by Gasteiger charge is -2.00. The SMILES string of the molecule is C.CC.CC.CC.CC.CC.CC(C)c1ccccn1.CC(C)c1ccncn1.CC(C)c1cnccn1.CC(C)c1ncccn1.CC(C)c1ncncn1. The van der Waals surface area contributed by atoms with Crippen molar-refractivity contribution in [3.8, 4) is 0 Å². The lowest BCUT2D eigenvalue weighted by Crippen LogP contribution is -1.95. The Morgan fingerprint density at radius 2 is 0.732 bits per heavy atom. The van der Waals surface area contributed by atoms with E-state index in [9.17, 15) is 0 Å². The van der Waals surface area contributed by atoms with E-state index in [-0.39, 0.29) is 7.43 Å². The Morgan fingerprint density at radius 3 is 1.00 bits per heavy atom. The molecule has 0 bridgehead atoms. The highest BCUT2D eigenvalue weighted by Gasteiger charge is 1.99. The fourth-order valence-electron chi connectivity index (χ4n) is 3.12. The van der Waals surface area contributed by atoms with Crippen LogP contribution >= 0.6 is 0 Å². The molecule has 0 saturated heterocycles. The standard InChI is InChI=1S/C8H11N.3C7H10N2.C6H9N3.5C2H6.CH4/c1-7(2)8-5-3-4-6-9-8;1-6(2)7-5-8-3-4-9-7;1-6(2)7-3-4-8-5-9-7;1-6(2)7-8-4-3-5-9-7;1-5(2)6-8-3-7-4-9-6;5*1-2;/h3-7H,1-2H3;3*3-6H,1-2H3;3-5H,1-2H3;5*1-2H3;1H4. The van der Waals surface area contributed by atoms with Crippen LogP contribution in [0.5, 0.6) is 0 Å². The van der Waals surface area contributed by atoms with E-state index in [1.54, 1.807) is 43.5 Å². The average Bonchev–Trinajstić information content (AvgIpc) is 3.27. The second-order valence-corrected chi connectivity index (χ2v) is 11.4. The third-order valence-corrected chi connectivity index (χ3v) is 5.78. The molecule has 0 fully saturated rings. The monoisotopic (exact) mass is 777 g/mol. The number of pyridine rings is 1. The Labute approximate surface area is 345 Å². The van der Waals surface area contributed by atoms with Gasteiger partial charge in [-0.05, 0) is 42.0 Å². The molecule has 0 atom stereocenters. The van der Waals surface area contributed by atoms with E-state index in [1.807, 2.05) is 106 Å². The fraction of sp³-hybridized carbons (Fsp3) is 0.565. The molecule has 0 aromatic carbocycles. The number of nitrogens with zero attached hydrogens (tertiary/aromatic N) is 10. The van der Waals surface area contributed by atoms with Gasteiger partial charge in [-0.25, -0.2) is 34.9 Å². The van der Waals surface area contributed by atoms with Crippen molar-refractivity contribution in [3.63, 3.8) is 0 Å². The average molecular weight is 777 g/mol. The topological polar surface area (TPSA) is 129 Å². The summed E-state index contributed by atoms with van der Waals surface area (Å²) in [5.74, 6) is 4.14. The molecule has 0 radical (unpaired) electrons. The summed E-state index contributed by atoms with van der Waals surface area (Å²) in [6, 6.07) is 9.76. The van der Waals surface area contributed by atoms with Crippen LogP contribution < -0.4 is 0 Å². The van der Waals surface area contributed by atoms with Crippen molar-refractivity contribution in [2.75, 3.05) is 0 Å². The summed E-state index contributed by atoms with van der Waals surface area (Å²) >= 11 is 0. The fourth-order valence-corrected chi connectivity index (χ4v) is 3.12. The van der Waals surface area contributed by atoms with E-state index in [2.05, 4.69) is 119 Å². The first-order valence-corrected chi connectivity index (χ1v) is 20.3. The van der Waals surface area contributed by atoms with Gasteiger partial charge >= 0.3 is 0 Å². The molecule has 0 spiro atoms. The zero-order valence-corrected chi connectivity index (χ0v) is 38.5. The van der Waals surface area contributed by atoms with Gasteiger partial charge in [-0.1, -0.05) is 152 Å². The Balaban J connectivity index is -0.000000131. The molecule has 56 heavy (non-hydrogen) atoms. The van der Waals surface area contributed by atoms with Gasteiger partial charge in [-0.3, -0.25) is 15.0 Å². The highest BCUT2D eigenvalue weighted by atomic mass is 15.0. The van der Waals surface area contributed by atoms with Gasteiger partial charge in [0.15, 0.2) is 0 Å². The van der Waals surface area contributed by atoms with Crippen LogP contribution in [0.1, 0.15) is 204 Å². The highest BCUT2D eigenvalue weighted by molar-refractivity contribution is 5.07. The highest BCUT2D eigenvalue weighted by Crippen LogP contribution is 2.09. The number of rotatable bonds is 5. The minimum absolute atomic E-state index is 0. The van der Waals surface area contributed by atoms with Crippen LogP contribution in [0.3, 0.4) is 0 Å². The third kappa shape index (κ3) is 37.7. The van der Waals surface area contributed by atoms with Gasteiger partial charge in [-0.15, -0.1) is 0 Å². The van der Waals surface area contributed by atoms with Crippen LogP contribution in [0.25, 0.3) is 0 Å². The lowest BCUT2D eigenvalue weighted by atomic mass is 10.1. The molecule has 0 amide bonds. The third-order valence-electron chi connectivity index (χ3n) is 5.78. The second kappa shape index (κ2) is 48.4. The summed E-state index contributed by atoms with van der Waals surface area (Å²) < 4.78 is 0. The summed E-state index contributed by atoms with van der Waals surface area (Å²) in [7, 11) is 0. The molecule has 0 unspecified atom stereocenters. The Hall–Kier alpha value is -4.60. The number of hydrogen-bond donors (Lipinski definition) is 0. The number of hydrogen-bond acceptors (Lipinski definition) is 10. The summed E-state index contributed by atoms with van der Waals surface area (Å²) in [6.07, 6.45) is 16.9. The van der Waals surface area contributed by atoms with Gasteiger partial charge in [-0.2, -0.15) is 0 Å². The van der Waals surface area contributed by atoms with Crippen molar-refractivity contribution in [1.29, 1.82) is 0 Å². The minimum Gasteiger partial charge on any atom is -0.261 e. The largest absolute Gasteiger partial charge is 0.261 e. The molecular weight excluding hydrogens is 693 g/mol. The van der Waals surface area contributed by atoms with E-state index in [4.69, 9.17) is 0 Å². The van der Waals surface area contributed by atoms with Gasteiger partial charge in [0.2, 0.25) is 0 Å². The first-order valence-electron chi connectivity index (χ1n) is 20.3. The maximum atomic E-state index is 4.18. The van der Waals surface area contributed by atoms with Crippen LogP contribution in [-0.4, -0.2) is 49.8 Å². The van der Waals surface area contributed by atoms with Crippen molar-refractivity contribution in [2.45, 2.75) is 175 Å². The zero-order chi connectivity index (χ0) is 43.5. The van der Waals surface area contributed by atoms with E-state index < -0.39 is 0 Å². The Kier molecular flexibility index (Phi) is 54.8. The molecule has 0 aliphatic rings. The normalized spacial score (nSPS) is 8.66. The van der Waals surface area contributed by atoms with Crippen molar-refractivity contribution in [2.24, 2.45) is 0 Å². The molecule has 0 N–H and O–H groups in total. The van der Waals surface area contributed by atoms with Gasteiger partial charge in [0.1, 0.15) is 30.6 Å².